The Kier molecular flexibility index (Phi) is 12.2. The number of pyridine rings is 1. The van der Waals surface area contributed by atoms with Crippen LogP contribution in [0.4, 0.5) is 0 Å². The van der Waals surface area contributed by atoms with Crippen LogP contribution < -0.4 is 0 Å². The summed E-state index contributed by atoms with van der Waals surface area (Å²) in [6, 6.07) is 29.3. The van der Waals surface area contributed by atoms with Crippen LogP contribution in [0, 0.1) is 12.8 Å². The Bertz CT molecular complexity index is 1970. The number of piperazine rings is 1. The maximum Gasteiger partial charge on any atom is 0.324 e. The minimum atomic E-state index is -3.96. The highest BCUT2D eigenvalue weighted by molar-refractivity contribution is 7.89. The van der Waals surface area contributed by atoms with Crippen molar-refractivity contribution in [1.29, 1.82) is 0 Å². The number of H-pyrrole nitrogens is 1. The van der Waals surface area contributed by atoms with Crippen LogP contribution in [-0.4, -0.2) is 95.9 Å². The van der Waals surface area contributed by atoms with E-state index in [1.54, 1.807) is 30.5 Å². The number of imidazole rings is 1. The molecule has 0 aliphatic carbocycles. The molecule has 0 unspecified atom stereocenters. The smallest absolute Gasteiger partial charge is 0.324 e. The zero-order valence-electron chi connectivity index (χ0n) is 30.6. The molecular weight excluding hydrogens is 673 g/mol. The Morgan fingerprint density at radius 3 is 2.15 bits per heavy atom. The fourth-order valence-corrected chi connectivity index (χ4v) is 8.40. The maximum absolute atomic E-state index is 13.8. The number of ether oxygens (including phenoxy) is 1. The van der Waals surface area contributed by atoms with E-state index in [0.717, 1.165) is 60.8 Å². The molecule has 1 aliphatic rings. The van der Waals surface area contributed by atoms with Gasteiger partial charge in [-0.15, -0.1) is 0 Å². The molecule has 2 aromatic heterocycles. The van der Waals surface area contributed by atoms with Gasteiger partial charge in [0.1, 0.15) is 17.4 Å². The number of aromatic amines is 1. The molecule has 0 spiro atoms. The molecular formula is C41H50N6O4S. The molecule has 52 heavy (non-hydrogen) atoms. The number of carbonyl (C=O) groups excluding carboxylic acids is 1. The summed E-state index contributed by atoms with van der Waals surface area (Å²) in [4.78, 5) is 30.8. The Hall–Kier alpha value is -4.42. The molecule has 1 fully saturated rings. The van der Waals surface area contributed by atoms with Crippen molar-refractivity contribution in [3.8, 4) is 0 Å². The van der Waals surface area contributed by atoms with E-state index in [4.69, 9.17) is 4.74 Å². The van der Waals surface area contributed by atoms with E-state index in [0.29, 0.717) is 19.3 Å². The molecule has 0 radical (unpaired) electrons. The number of benzene rings is 3. The van der Waals surface area contributed by atoms with Gasteiger partial charge in [-0.25, -0.2) is 13.4 Å². The zero-order valence-corrected chi connectivity index (χ0v) is 31.4. The molecule has 3 heterocycles. The standard InChI is InChI=1S/C41H50N6O4S/c1-30(2)28-38(45(4)52(49,50)35-18-16-32(17-19-35)29-37-39-36(20-21-42-37)43-31(3)44-39)41(48)51-27-11-22-46-23-25-47(26-24-46)40(33-12-7-5-8-13-33)34-14-9-6-10-15-34/h5-10,12-21,30,38,40H,11,22-29H2,1-4H3,(H,43,44)/t38-/m0/s1. The Labute approximate surface area is 307 Å². The summed E-state index contributed by atoms with van der Waals surface area (Å²) in [5, 5.41) is 0. The summed E-state index contributed by atoms with van der Waals surface area (Å²) in [7, 11) is -2.49. The number of aromatic nitrogens is 3. The van der Waals surface area contributed by atoms with Crippen molar-refractivity contribution in [3.05, 3.63) is 125 Å². The van der Waals surface area contributed by atoms with Gasteiger partial charge in [0.05, 0.1) is 28.8 Å². The highest BCUT2D eigenvalue weighted by atomic mass is 32.2. The molecule has 0 bridgehead atoms. The van der Waals surface area contributed by atoms with E-state index >= 15 is 0 Å². The van der Waals surface area contributed by atoms with E-state index in [9.17, 15) is 13.2 Å². The van der Waals surface area contributed by atoms with Crippen LogP contribution in [0.5, 0.6) is 0 Å². The predicted molar refractivity (Wildman–Crippen MR) is 204 cm³/mol. The number of aryl methyl sites for hydroxylation is 1. The number of rotatable bonds is 15. The SMILES string of the molecule is Cc1nc2c(Cc3ccc(S(=O)(=O)N(C)[C@@H](CC(C)C)C(=O)OCCCN4CCN(C(c5ccccc5)c5ccccc5)CC4)cc3)nccc2[nH]1. The van der Waals surface area contributed by atoms with Crippen molar-refractivity contribution in [3.63, 3.8) is 0 Å². The largest absolute Gasteiger partial charge is 0.464 e. The van der Waals surface area contributed by atoms with Crippen LogP contribution in [0.2, 0.25) is 0 Å². The Balaban J connectivity index is 1.01. The molecule has 1 aliphatic heterocycles. The van der Waals surface area contributed by atoms with Gasteiger partial charge < -0.3 is 14.6 Å². The lowest BCUT2D eigenvalue weighted by Gasteiger charge is -2.39. The molecule has 0 amide bonds. The van der Waals surface area contributed by atoms with Gasteiger partial charge in [0, 0.05) is 52.4 Å². The first-order chi connectivity index (χ1) is 25.1. The number of fused-ring (bicyclic) bond motifs is 1. The molecule has 10 nitrogen and oxygen atoms in total. The minimum Gasteiger partial charge on any atom is -0.464 e. The fraction of sp³-hybridized carbons (Fsp3) is 0.390. The van der Waals surface area contributed by atoms with Crippen molar-refractivity contribution in [2.75, 3.05) is 46.4 Å². The van der Waals surface area contributed by atoms with Crippen LogP contribution in [0.1, 0.15) is 60.9 Å². The number of hydrogen-bond donors (Lipinski definition) is 1. The van der Waals surface area contributed by atoms with Crippen molar-refractivity contribution < 1.29 is 17.9 Å². The number of carbonyl (C=O) groups is 1. The zero-order chi connectivity index (χ0) is 36.7. The van der Waals surface area contributed by atoms with E-state index in [2.05, 4.69) is 85.4 Å². The lowest BCUT2D eigenvalue weighted by atomic mass is 9.96. The van der Waals surface area contributed by atoms with Crippen LogP contribution in [0.25, 0.3) is 11.0 Å². The van der Waals surface area contributed by atoms with Crippen molar-refractivity contribution in [1.82, 2.24) is 29.1 Å². The van der Waals surface area contributed by atoms with Gasteiger partial charge in [-0.3, -0.25) is 14.7 Å². The predicted octanol–water partition coefficient (Wildman–Crippen LogP) is 6.23. The quantitative estimate of drug-likeness (QED) is 0.100. The number of esters is 1. The molecule has 1 saturated heterocycles. The number of nitrogens with one attached hydrogen (secondary N) is 1. The van der Waals surface area contributed by atoms with Crippen molar-refractivity contribution in [2.24, 2.45) is 5.92 Å². The first-order valence-corrected chi connectivity index (χ1v) is 19.6. The van der Waals surface area contributed by atoms with Gasteiger partial charge in [-0.1, -0.05) is 86.6 Å². The molecule has 0 saturated carbocycles. The third-order valence-corrected chi connectivity index (χ3v) is 11.7. The maximum atomic E-state index is 13.8. The Morgan fingerprint density at radius 1 is 0.904 bits per heavy atom. The highest BCUT2D eigenvalue weighted by Crippen LogP contribution is 2.30. The molecule has 6 rings (SSSR count). The van der Waals surface area contributed by atoms with E-state index in [1.807, 2.05) is 26.8 Å². The van der Waals surface area contributed by atoms with Gasteiger partial charge in [-0.05, 0) is 60.6 Å². The number of nitrogens with zero attached hydrogens (tertiary/aromatic N) is 5. The summed E-state index contributed by atoms with van der Waals surface area (Å²) in [5.41, 5.74) is 6.04. The summed E-state index contributed by atoms with van der Waals surface area (Å²) in [5.74, 6) is 0.391. The molecule has 1 N–H and O–H groups in total. The number of hydrogen-bond acceptors (Lipinski definition) is 8. The molecule has 11 heteroatoms. The van der Waals surface area contributed by atoms with Crippen LogP contribution in [-0.2, 0) is 26.0 Å². The Morgan fingerprint density at radius 2 is 1.54 bits per heavy atom. The summed E-state index contributed by atoms with van der Waals surface area (Å²) in [6.45, 7) is 10.6. The third-order valence-electron chi connectivity index (χ3n) is 9.84. The van der Waals surface area contributed by atoms with Crippen LogP contribution in [0.15, 0.2) is 102 Å². The number of sulfonamides is 1. The topological polar surface area (TPSA) is 112 Å². The van der Waals surface area contributed by atoms with Crippen molar-refractivity contribution >= 4 is 27.0 Å². The second-order valence-electron chi connectivity index (χ2n) is 14.1. The summed E-state index contributed by atoms with van der Waals surface area (Å²) < 4.78 is 34.5. The van der Waals surface area contributed by atoms with Crippen LogP contribution in [0.3, 0.4) is 0 Å². The van der Waals surface area contributed by atoms with E-state index < -0.39 is 22.0 Å². The second-order valence-corrected chi connectivity index (χ2v) is 16.1. The molecule has 274 valence electrons. The first-order valence-electron chi connectivity index (χ1n) is 18.2. The lowest BCUT2D eigenvalue weighted by molar-refractivity contribution is -0.148. The monoisotopic (exact) mass is 722 g/mol. The third kappa shape index (κ3) is 8.95. The fourth-order valence-electron chi connectivity index (χ4n) is 7.08. The van der Waals surface area contributed by atoms with Gasteiger partial charge in [0.25, 0.3) is 0 Å². The number of likely N-dealkylation sites (N-methyl/N-ethyl adjacent to an activating group) is 1. The summed E-state index contributed by atoms with van der Waals surface area (Å²) >= 11 is 0. The van der Waals surface area contributed by atoms with Gasteiger partial charge >= 0.3 is 5.97 Å². The molecule has 5 aromatic rings. The van der Waals surface area contributed by atoms with Gasteiger partial charge in [-0.2, -0.15) is 4.31 Å². The second kappa shape index (κ2) is 16.9. The van der Waals surface area contributed by atoms with Gasteiger partial charge in [0.2, 0.25) is 10.0 Å². The van der Waals surface area contributed by atoms with Crippen molar-refractivity contribution in [2.45, 2.75) is 57.0 Å². The minimum absolute atomic E-state index is 0.0883. The molecule has 3 aromatic carbocycles. The van der Waals surface area contributed by atoms with E-state index in [-0.39, 0.29) is 23.5 Å². The lowest BCUT2D eigenvalue weighted by Crippen LogP contribution is -2.48. The average Bonchev–Trinajstić information content (AvgIpc) is 3.55. The van der Waals surface area contributed by atoms with E-state index in [1.165, 1.54) is 22.5 Å². The molecule has 1 atom stereocenters. The van der Waals surface area contributed by atoms with Gasteiger partial charge in [0.15, 0.2) is 0 Å². The first kappa shape index (κ1) is 37.3. The normalized spacial score (nSPS) is 15.1. The van der Waals surface area contributed by atoms with Crippen LogP contribution >= 0.6 is 0 Å². The highest BCUT2D eigenvalue weighted by Gasteiger charge is 2.34. The average molecular weight is 723 g/mol. The summed E-state index contributed by atoms with van der Waals surface area (Å²) in [6.07, 6.45) is 3.29.